The highest BCUT2D eigenvalue weighted by atomic mass is 15.1. The first-order valence-electron chi connectivity index (χ1n) is 7.21. The highest BCUT2D eigenvalue weighted by molar-refractivity contribution is 5.14. The van der Waals surface area contributed by atoms with E-state index in [1.165, 1.54) is 70.1 Å². The maximum atomic E-state index is 2.62. The molecule has 0 atom stereocenters. The van der Waals surface area contributed by atoms with Gasteiger partial charge in [-0.2, -0.15) is 0 Å². The summed E-state index contributed by atoms with van der Waals surface area (Å²) in [4.78, 5) is 2.62. The van der Waals surface area contributed by atoms with Gasteiger partial charge in [0, 0.05) is 0 Å². The minimum absolute atomic E-state index is 1.25. The van der Waals surface area contributed by atoms with E-state index in [9.17, 15) is 0 Å². The lowest BCUT2D eigenvalue weighted by molar-refractivity contribution is 0.328. The molecule has 1 aliphatic rings. The van der Waals surface area contributed by atoms with Crippen molar-refractivity contribution in [3.63, 3.8) is 0 Å². The quantitative estimate of drug-likeness (QED) is 0.644. The second-order valence-electron chi connectivity index (χ2n) is 5.20. The Morgan fingerprint density at radius 2 is 1.53 bits per heavy atom. The van der Waals surface area contributed by atoms with Crippen LogP contribution in [-0.4, -0.2) is 24.5 Å². The number of rotatable bonds is 7. The van der Waals surface area contributed by atoms with E-state index in [0.29, 0.717) is 0 Å². The third-order valence-corrected chi connectivity index (χ3v) is 3.73. The molecule has 94 valence electrons. The number of aryl methyl sites for hydroxylation is 1. The molecule has 0 radical (unpaired) electrons. The summed E-state index contributed by atoms with van der Waals surface area (Å²) in [5, 5.41) is 0. The number of hydrogen-bond donors (Lipinski definition) is 0. The zero-order valence-corrected chi connectivity index (χ0v) is 10.9. The minimum atomic E-state index is 1.25. The average molecular weight is 231 g/mol. The molecule has 1 heterocycles. The highest BCUT2D eigenvalue weighted by Crippen LogP contribution is 2.11. The van der Waals surface area contributed by atoms with Crippen LogP contribution in [0.4, 0.5) is 0 Å². The Balaban J connectivity index is 1.46. The first-order valence-corrected chi connectivity index (χ1v) is 7.21. The van der Waals surface area contributed by atoms with Gasteiger partial charge >= 0.3 is 0 Å². The van der Waals surface area contributed by atoms with Crippen LogP contribution in [0.3, 0.4) is 0 Å². The van der Waals surface area contributed by atoms with Gasteiger partial charge in [0.05, 0.1) is 0 Å². The molecule has 0 spiro atoms. The smallest absolute Gasteiger partial charge is 0.00183 e. The molecule has 0 aromatic heterocycles. The molecule has 2 rings (SSSR count). The first kappa shape index (κ1) is 12.6. The summed E-state index contributed by atoms with van der Waals surface area (Å²) >= 11 is 0. The lowest BCUT2D eigenvalue weighted by Gasteiger charge is -2.13. The number of nitrogens with zero attached hydrogens (tertiary/aromatic N) is 1. The molecule has 17 heavy (non-hydrogen) atoms. The predicted octanol–water partition coefficient (Wildman–Crippen LogP) is 3.89. The van der Waals surface area contributed by atoms with E-state index < -0.39 is 0 Å². The van der Waals surface area contributed by atoms with E-state index in [-0.39, 0.29) is 0 Å². The Kier molecular flexibility index (Phi) is 5.57. The third-order valence-electron chi connectivity index (χ3n) is 3.73. The molecule has 0 aliphatic carbocycles. The van der Waals surface area contributed by atoms with Crippen molar-refractivity contribution in [2.75, 3.05) is 19.6 Å². The second kappa shape index (κ2) is 7.50. The normalized spacial score (nSPS) is 16.5. The van der Waals surface area contributed by atoms with Crippen LogP contribution in [0.15, 0.2) is 30.3 Å². The molecule has 0 N–H and O–H groups in total. The summed E-state index contributed by atoms with van der Waals surface area (Å²) in [6.07, 6.45) is 9.65. The molecule has 1 aromatic rings. The third kappa shape index (κ3) is 4.91. The molecular weight excluding hydrogens is 206 g/mol. The Labute approximate surface area is 106 Å². The lowest BCUT2D eigenvalue weighted by Crippen LogP contribution is -2.20. The fourth-order valence-corrected chi connectivity index (χ4v) is 2.67. The summed E-state index contributed by atoms with van der Waals surface area (Å²) in [6, 6.07) is 10.9. The van der Waals surface area contributed by atoms with E-state index in [1.54, 1.807) is 0 Å². The summed E-state index contributed by atoms with van der Waals surface area (Å²) < 4.78 is 0. The van der Waals surface area contributed by atoms with Gasteiger partial charge in [-0.05, 0) is 57.3 Å². The second-order valence-corrected chi connectivity index (χ2v) is 5.20. The van der Waals surface area contributed by atoms with Crippen molar-refractivity contribution in [3.05, 3.63) is 35.9 Å². The first-order chi connectivity index (χ1) is 8.45. The minimum Gasteiger partial charge on any atom is -0.303 e. The van der Waals surface area contributed by atoms with Crippen LogP contribution in [0.1, 0.15) is 44.1 Å². The fourth-order valence-electron chi connectivity index (χ4n) is 2.67. The van der Waals surface area contributed by atoms with Gasteiger partial charge in [0.2, 0.25) is 0 Å². The number of unbranched alkanes of at least 4 members (excludes halogenated alkanes) is 3. The molecule has 1 nitrogen and oxygen atoms in total. The SMILES string of the molecule is c1ccc(CCCCCCN2CCCC2)cc1. The lowest BCUT2D eigenvalue weighted by atomic mass is 10.1. The molecule has 1 fully saturated rings. The maximum Gasteiger partial charge on any atom is -0.00183 e. The maximum absolute atomic E-state index is 2.62. The van der Waals surface area contributed by atoms with Gasteiger partial charge in [0.15, 0.2) is 0 Å². The molecule has 0 saturated carbocycles. The Bertz CT molecular complexity index is 288. The van der Waals surface area contributed by atoms with Crippen molar-refractivity contribution in [1.29, 1.82) is 0 Å². The number of hydrogen-bond acceptors (Lipinski definition) is 1. The number of benzene rings is 1. The van der Waals surface area contributed by atoms with E-state index >= 15 is 0 Å². The highest BCUT2D eigenvalue weighted by Gasteiger charge is 2.09. The van der Waals surface area contributed by atoms with Crippen molar-refractivity contribution < 1.29 is 0 Å². The molecule has 1 aliphatic heterocycles. The molecule has 1 heteroatoms. The van der Waals surface area contributed by atoms with Crippen molar-refractivity contribution in [3.8, 4) is 0 Å². The van der Waals surface area contributed by atoms with Gasteiger partial charge in [0.25, 0.3) is 0 Å². The number of likely N-dealkylation sites (tertiary alicyclic amines) is 1. The summed E-state index contributed by atoms with van der Waals surface area (Å²) in [5.74, 6) is 0. The topological polar surface area (TPSA) is 3.24 Å². The van der Waals surface area contributed by atoms with E-state index in [1.807, 2.05) is 0 Å². The van der Waals surface area contributed by atoms with Gasteiger partial charge < -0.3 is 4.90 Å². The van der Waals surface area contributed by atoms with Gasteiger partial charge in [-0.1, -0.05) is 43.2 Å². The molecule has 0 amide bonds. The van der Waals surface area contributed by atoms with Crippen molar-refractivity contribution in [1.82, 2.24) is 4.90 Å². The van der Waals surface area contributed by atoms with E-state index in [4.69, 9.17) is 0 Å². The van der Waals surface area contributed by atoms with Gasteiger partial charge in [0.1, 0.15) is 0 Å². The van der Waals surface area contributed by atoms with E-state index in [2.05, 4.69) is 35.2 Å². The summed E-state index contributed by atoms with van der Waals surface area (Å²) in [6.45, 7) is 4.04. The van der Waals surface area contributed by atoms with Crippen LogP contribution < -0.4 is 0 Å². The Morgan fingerprint density at radius 3 is 2.29 bits per heavy atom. The van der Waals surface area contributed by atoms with Gasteiger partial charge in [-0.3, -0.25) is 0 Å². The van der Waals surface area contributed by atoms with Crippen LogP contribution in [0.5, 0.6) is 0 Å². The van der Waals surface area contributed by atoms with E-state index in [0.717, 1.165) is 0 Å². The zero-order valence-electron chi connectivity index (χ0n) is 10.9. The van der Waals surface area contributed by atoms with Crippen LogP contribution in [0.25, 0.3) is 0 Å². The summed E-state index contributed by atoms with van der Waals surface area (Å²) in [7, 11) is 0. The Hall–Kier alpha value is -0.820. The van der Waals surface area contributed by atoms with Crippen LogP contribution in [0.2, 0.25) is 0 Å². The van der Waals surface area contributed by atoms with Crippen molar-refractivity contribution in [2.24, 2.45) is 0 Å². The predicted molar refractivity (Wildman–Crippen MR) is 74.3 cm³/mol. The molecule has 1 saturated heterocycles. The van der Waals surface area contributed by atoms with Crippen LogP contribution in [-0.2, 0) is 6.42 Å². The van der Waals surface area contributed by atoms with Gasteiger partial charge in [-0.15, -0.1) is 0 Å². The molecule has 0 bridgehead atoms. The summed E-state index contributed by atoms with van der Waals surface area (Å²) in [5.41, 5.74) is 1.49. The average Bonchev–Trinajstić information content (AvgIpc) is 2.88. The Morgan fingerprint density at radius 1 is 0.824 bits per heavy atom. The fraction of sp³-hybridized carbons (Fsp3) is 0.625. The van der Waals surface area contributed by atoms with Crippen LogP contribution >= 0.6 is 0 Å². The standard InChI is InChI=1S/C16H25N/c1(2-7-13-17-14-8-9-15-17)4-10-16-11-5-3-6-12-16/h3,5-6,11-12H,1-2,4,7-10,13-15H2. The zero-order chi connectivity index (χ0) is 11.8. The van der Waals surface area contributed by atoms with Crippen molar-refractivity contribution >= 4 is 0 Å². The molecular formula is C16H25N. The largest absolute Gasteiger partial charge is 0.303 e. The molecule has 1 aromatic carbocycles. The monoisotopic (exact) mass is 231 g/mol. The van der Waals surface area contributed by atoms with Crippen LogP contribution in [0, 0.1) is 0 Å². The van der Waals surface area contributed by atoms with Gasteiger partial charge in [-0.25, -0.2) is 0 Å². The molecule has 0 unspecified atom stereocenters. The van der Waals surface area contributed by atoms with Crippen molar-refractivity contribution in [2.45, 2.75) is 44.9 Å².